The summed E-state index contributed by atoms with van der Waals surface area (Å²) >= 11 is 0. The van der Waals surface area contributed by atoms with Gasteiger partial charge in [-0.1, -0.05) is 0 Å². The van der Waals surface area contributed by atoms with Crippen LogP contribution in [0, 0.1) is 0 Å². The highest BCUT2D eigenvalue weighted by atomic mass is 16.5. The maximum absolute atomic E-state index is 10.6. The first-order chi connectivity index (χ1) is 9.69. The molecule has 0 bridgehead atoms. The number of rotatable bonds is 3. The Labute approximate surface area is 116 Å². The van der Waals surface area contributed by atoms with Crippen molar-refractivity contribution in [3.63, 3.8) is 0 Å². The first-order valence-electron chi connectivity index (χ1n) is 6.34. The molecule has 1 aromatic heterocycles. The Hall–Kier alpha value is -2.56. The monoisotopic (exact) mass is 270 g/mol. The molecule has 1 aliphatic heterocycles. The fourth-order valence-corrected chi connectivity index (χ4v) is 2.49. The zero-order valence-electron chi connectivity index (χ0n) is 11.0. The summed E-state index contributed by atoms with van der Waals surface area (Å²) in [5.41, 5.74) is 4.12. The lowest BCUT2D eigenvalue weighted by Crippen LogP contribution is -2.13. The van der Waals surface area contributed by atoms with E-state index in [-0.39, 0.29) is 0 Å². The van der Waals surface area contributed by atoms with E-state index in [4.69, 9.17) is 9.84 Å². The number of carboxylic acids is 1. The molecule has 0 fully saturated rings. The zero-order chi connectivity index (χ0) is 14.1. The van der Waals surface area contributed by atoms with E-state index in [1.54, 1.807) is 19.4 Å². The van der Waals surface area contributed by atoms with Gasteiger partial charge in [0.25, 0.3) is 0 Å². The van der Waals surface area contributed by atoms with Gasteiger partial charge < -0.3 is 9.84 Å². The lowest BCUT2D eigenvalue weighted by Gasteiger charge is -2.19. The third-order valence-electron chi connectivity index (χ3n) is 3.45. The number of methoxy groups -OCH3 is 1. The second-order valence-electron chi connectivity index (χ2n) is 4.62. The Morgan fingerprint density at radius 3 is 3.05 bits per heavy atom. The fourth-order valence-electron chi connectivity index (χ4n) is 2.49. The number of hydrogen-bond acceptors (Lipinski definition) is 3. The number of aliphatic carboxylic acids is 1. The van der Waals surface area contributed by atoms with Crippen LogP contribution in [0.5, 0.6) is 5.75 Å². The summed E-state index contributed by atoms with van der Waals surface area (Å²) in [5.74, 6) is -0.115. The molecular formula is C15H14N2O3. The number of carboxylic acid groups (broad SMARTS) is 1. The molecule has 1 aromatic carbocycles. The Bertz CT molecular complexity index is 701. The molecule has 0 saturated heterocycles. The predicted octanol–water partition coefficient (Wildman–Crippen LogP) is 2.08. The molecule has 3 rings (SSSR count). The normalized spacial score (nSPS) is 13.1. The number of aryl methyl sites for hydroxylation is 1. The first-order valence-corrected chi connectivity index (χ1v) is 6.34. The van der Waals surface area contributed by atoms with Crippen molar-refractivity contribution >= 4 is 12.0 Å². The van der Waals surface area contributed by atoms with Crippen LogP contribution in [0.4, 0.5) is 0 Å². The number of nitrogens with zero attached hydrogens (tertiary/aromatic N) is 2. The molecule has 0 radical (unpaired) electrons. The van der Waals surface area contributed by atoms with Gasteiger partial charge in [0.2, 0.25) is 0 Å². The standard InChI is InChI=1S/C15H14N2O3/c1-20-12-4-6-13-10(8-12)2-5-14-11(3-7-15(18)19)9-16-17(13)14/h3-4,6-9H,2,5H2,1H3,(H,18,19)/b7-3+. The third-order valence-corrected chi connectivity index (χ3v) is 3.45. The number of ether oxygens (including phenoxy) is 1. The zero-order valence-corrected chi connectivity index (χ0v) is 11.0. The summed E-state index contributed by atoms with van der Waals surface area (Å²) in [7, 11) is 1.65. The number of fused-ring (bicyclic) bond motifs is 3. The maximum Gasteiger partial charge on any atom is 0.328 e. The van der Waals surface area contributed by atoms with Crippen LogP contribution in [0.1, 0.15) is 16.8 Å². The van der Waals surface area contributed by atoms with Crippen molar-refractivity contribution in [2.75, 3.05) is 7.11 Å². The molecule has 0 amide bonds. The van der Waals surface area contributed by atoms with Crippen LogP contribution in [0.3, 0.4) is 0 Å². The lowest BCUT2D eigenvalue weighted by molar-refractivity contribution is -0.131. The molecule has 0 saturated carbocycles. The smallest absolute Gasteiger partial charge is 0.328 e. The molecule has 102 valence electrons. The van der Waals surface area contributed by atoms with Crippen LogP contribution < -0.4 is 4.74 Å². The summed E-state index contributed by atoms with van der Waals surface area (Å²) < 4.78 is 7.11. The summed E-state index contributed by atoms with van der Waals surface area (Å²) in [4.78, 5) is 10.6. The highest BCUT2D eigenvalue weighted by Gasteiger charge is 2.19. The van der Waals surface area contributed by atoms with Crippen molar-refractivity contribution < 1.29 is 14.6 Å². The van der Waals surface area contributed by atoms with Crippen LogP contribution in [-0.4, -0.2) is 28.0 Å². The van der Waals surface area contributed by atoms with E-state index in [0.29, 0.717) is 0 Å². The number of benzene rings is 1. The largest absolute Gasteiger partial charge is 0.497 e. The Balaban J connectivity index is 2.03. The quantitative estimate of drug-likeness (QED) is 0.867. The molecule has 1 aliphatic rings. The van der Waals surface area contributed by atoms with E-state index in [0.717, 1.165) is 41.6 Å². The molecular weight excluding hydrogens is 256 g/mol. The molecule has 0 unspecified atom stereocenters. The summed E-state index contributed by atoms with van der Waals surface area (Å²) in [6, 6.07) is 5.91. The van der Waals surface area contributed by atoms with Gasteiger partial charge in [-0.05, 0) is 42.7 Å². The van der Waals surface area contributed by atoms with Crippen molar-refractivity contribution in [1.82, 2.24) is 9.78 Å². The third kappa shape index (κ3) is 2.07. The fraction of sp³-hybridized carbons (Fsp3) is 0.200. The Morgan fingerprint density at radius 1 is 1.45 bits per heavy atom. The van der Waals surface area contributed by atoms with Crippen molar-refractivity contribution in [3.05, 3.63) is 47.3 Å². The van der Waals surface area contributed by atoms with E-state index < -0.39 is 5.97 Å². The second-order valence-corrected chi connectivity index (χ2v) is 4.62. The summed E-state index contributed by atoms with van der Waals surface area (Å²) in [5, 5.41) is 13.1. The van der Waals surface area contributed by atoms with Crippen molar-refractivity contribution in [2.45, 2.75) is 12.8 Å². The SMILES string of the molecule is COc1ccc2c(c1)CCc1c(/C=C/C(=O)O)cnn1-2. The van der Waals surface area contributed by atoms with E-state index in [2.05, 4.69) is 5.10 Å². The highest BCUT2D eigenvalue weighted by molar-refractivity contribution is 5.85. The van der Waals surface area contributed by atoms with Crippen LogP contribution in [0.2, 0.25) is 0 Å². The van der Waals surface area contributed by atoms with Gasteiger partial charge in [-0.25, -0.2) is 9.48 Å². The van der Waals surface area contributed by atoms with E-state index in [1.165, 1.54) is 5.56 Å². The van der Waals surface area contributed by atoms with Gasteiger partial charge >= 0.3 is 5.97 Å². The second kappa shape index (κ2) is 4.85. The molecule has 0 spiro atoms. The molecule has 0 atom stereocenters. The predicted molar refractivity (Wildman–Crippen MR) is 74.2 cm³/mol. The lowest BCUT2D eigenvalue weighted by atomic mass is 9.99. The van der Waals surface area contributed by atoms with Crippen LogP contribution in [-0.2, 0) is 17.6 Å². The van der Waals surface area contributed by atoms with Crippen LogP contribution in [0.15, 0.2) is 30.5 Å². The minimum Gasteiger partial charge on any atom is -0.497 e. The van der Waals surface area contributed by atoms with Gasteiger partial charge in [0.15, 0.2) is 0 Å². The van der Waals surface area contributed by atoms with Crippen molar-refractivity contribution in [3.8, 4) is 11.4 Å². The minimum absolute atomic E-state index is 0.833. The highest BCUT2D eigenvalue weighted by Crippen LogP contribution is 2.29. The van der Waals surface area contributed by atoms with E-state index in [9.17, 15) is 4.79 Å². The van der Waals surface area contributed by atoms with Gasteiger partial charge in [-0.3, -0.25) is 0 Å². The Kier molecular flexibility index (Phi) is 3.02. The van der Waals surface area contributed by atoms with Crippen LogP contribution >= 0.6 is 0 Å². The molecule has 2 aromatic rings. The maximum atomic E-state index is 10.6. The summed E-state index contributed by atoms with van der Waals surface area (Å²) in [6.45, 7) is 0. The molecule has 5 heteroatoms. The van der Waals surface area contributed by atoms with Crippen molar-refractivity contribution in [2.24, 2.45) is 0 Å². The molecule has 20 heavy (non-hydrogen) atoms. The number of hydrogen-bond donors (Lipinski definition) is 1. The molecule has 0 aliphatic carbocycles. The molecule has 1 N–H and O–H groups in total. The average molecular weight is 270 g/mol. The van der Waals surface area contributed by atoms with E-state index >= 15 is 0 Å². The number of carbonyl (C=O) groups is 1. The van der Waals surface area contributed by atoms with Gasteiger partial charge in [-0.2, -0.15) is 5.10 Å². The molecule has 5 nitrogen and oxygen atoms in total. The van der Waals surface area contributed by atoms with E-state index in [1.807, 2.05) is 22.9 Å². The minimum atomic E-state index is -0.953. The van der Waals surface area contributed by atoms with Gasteiger partial charge in [0.1, 0.15) is 5.75 Å². The Morgan fingerprint density at radius 2 is 2.30 bits per heavy atom. The molecule has 2 heterocycles. The van der Waals surface area contributed by atoms with Gasteiger partial charge in [-0.15, -0.1) is 0 Å². The summed E-state index contributed by atoms with van der Waals surface area (Å²) in [6.07, 6.45) is 6.16. The van der Waals surface area contributed by atoms with Crippen molar-refractivity contribution in [1.29, 1.82) is 0 Å². The average Bonchev–Trinajstić information content (AvgIpc) is 2.87. The first kappa shape index (κ1) is 12.5. The topological polar surface area (TPSA) is 64.3 Å². The van der Waals surface area contributed by atoms with Gasteiger partial charge in [0.05, 0.1) is 24.7 Å². The van der Waals surface area contributed by atoms with Gasteiger partial charge in [0, 0.05) is 11.6 Å². The number of aromatic nitrogens is 2. The van der Waals surface area contributed by atoms with Crippen LogP contribution in [0.25, 0.3) is 11.8 Å².